The third kappa shape index (κ3) is 4.74. The highest BCUT2D eigenvalue weighted by Crippen LogP contribution is 2.24. The van der Waals surface area contributed by atoms with Gasteiger partial charge in [-0.1, -0.05) is 48.5 Å². The predicted molar refractivity (Wildman–Crippen MR) is 129 cm³/mol. The van der Waals surface area contributed by atoms with Gasteiger partial charge >= 0.3 is 0 Å². The van der Waals surface area contributed by atoms with Crippen LogP contribution >= 0.6 is 0 Å². The number of guanidine groups is 1. The molecule has 0 saturated carbocycles. The molecule has 5 rings (SSSR count). The van der Waals surface area contributed by atoms with Crippen LogP contribution in [0.25, 0.3) is 11.3 Å². The molecule has 0 aliphatic carbocycles. The summed E-state index contributed by atoms with van der Waals surface area (Å²) in [6.07, 6.45) is 2.88. The zero-order valence-electron chi connectivity index (χ0n) is 18.3. The van der Waals surface area contributed by atoms with Crippen LogP contribution in [0.15, 0.2) is 88.4 Å². The molecular formula is C25H26N6O2. The van der Waals surface area contributed by atoms with Crippen LogP contribution in [0.2, 0.25) is 0 Å². The van der Waals surface area contributed by atoms with Crippen LogP contribution in [0.3, 0.4) is 0 Å². The molecule has 0 bridgehead atoms. The van der Waals surface area contributed by atoms with E-state index in [2.05, 4.69) is 20.5 Å². The topological polar surface area (TPSA) is 83.8 Å². The van der Waals surface area contributed by atoms with E-state index in [9.17, 15) is 4.79 Å². The first kappa shape index (κ1) is 20.8. The number of rotatable bonds is 6. The molecule has 33 heavy (non-hydrogen) atoms. The quantitative estimate of drug-likeness (QED) is 0.571. The van der Waals surface area contributed by atoms with Crippen LogP contribution < -0.4 is 25.8 Å². The molecular weight excluding hydrogens is 416 g/mol. The van der Waals surface area contributed by atoms with Crippen molar-refractivity contribution in [3.05, 3.63) is 89.0 Å². The largest absolute Gasteiger partial charge is 0.492 e. The summed E-state index contributed by atoms with van der Waals surface area (Å²) in [7, 11) is 0. The van der Waals surface area contributed by atoms with E-state index < -0.39 is 0 Å². The van der Waals surface area contributed by atoms with Crippen LogP contribution in [0.4, 0.5) is 5.95 Å². The van der Waals surface area contributed by atoms with Crippen molar-refractivity contribution in [2.75, 3.05) is 31.1 Å². The Bertz CT molecular complexity index is 1220. The zero-order valence-corrected chi connectivity index (χ0v) is 18.3. The summed E-state index contributed by atoms with van der Waals surface area (Å²) in [5.41, 5.74) is 1.57. The molecule has 3 heterocycles. The lowest BCUT2D eigenvalue weighted by Gasteiger charge is -2.34. The zero-order chi connectivity index (χ0) is 22.5. The number of aromatic nitrogens is 2. The summed E-state index contributed by atoms with van der Waals surface area (Å²) >= 11 is 0. The van der Waals surface area contributed by atoms with E-state index in [-0.39, 0.29) is 5.56 Å². The van der Waals surface area contributed by atoms with Crippen molar-refractivity contribution in [1.82, 2.24) is 20.2 Å². The smallest absolute Gasteiger partial charge is 0.255 e. The van der Waals surface area contributed by atoms with Gasteiger partial charge in [-0.2, -0.15) is 0 Å². The van der Waals surface area contributed by atoms with Gasteiger partial charge in [0.25, 0.3) is 5.56 Å². The normalized spacial score (nSPS) is 15.1. The number of benzene rings is 2. The van der Waals surface area contributed by atoms with Gasteiger partial charge in [-0.05, 0) is 24.6 Å². The van der Waals surface area contributed by atoms with Crippen LogP contribution in [-0.4, -0.2) is 41.8 Å². The number of fused-ring (bicyclic) bond motifs is 1. The Hall–Kier alpha value is -4.07. The van der Waals surface area contributed by atoms with E-state index >= 15 is 0 Å². The minimum absolute atomic E-state index is 0.0370. The van der Waals surface area contributed by atoms with Gasteiger partial charge in [-0.15, -0.1) is 0 Å². The summed E-state index contributed by atoms with van der Waals surface area (Å²) in [5.74, 6) is 3.05. The Morgan fingerprint density at radius 1 is 1.03 bits per heavy atom. The number of nitrogens with one attached hydrogen (secondary N) is 2. The van der Waals surface area contributed by atoms with E-state index in [0.29, 0.717) is 43.8 Å². The van der Waals surface area contributed by atoms with Gasteiger partial charge in [-0.3, -0.25) is 14.3 Å². The number of para-hydroxylation sites is 1. The predicted octanol–water partition coefficient (Wildman–Crippen LogP) is 2.59. The lowest BCUT2D eigenvalue weighted by atomic mass is 10.1. The van der Waals surface area contributed by atoms with Gasteiger partial charge in [0.05, 0.1) is 18.8 Å². The summed E-state index contributed by atoms with van der Waals surface area (Å²) in [4.78, 5) is 24.3. The highest BCUT2D eigenvalue weighted by molar-refractivity contribution is 5.83. The van der Waals surface area contributed by atoms with E-state index in [4.69, 9.17) is 9.72 Å². The minimum Gasteiger partial charge on any atom is -0.492 e. The van der Waals surface area contributed by atoms with E-state index in [0.717, 1.165) is 30.1 Å². The average molecular weight is 443 g/mol. The van der Waals surface area contributed by atoms with E-state index in [1.165, 1.54) is 0 Å². The SMILES string of the molecule is O=c1cc(-c2ccccc2)nc2n1CCCN2C1=CCN=C(NCCOc2ccccc2)N1. The second kappa shape index (κ2) is 9.60. The molecule has 0 fully saturated rings. The second-order valence-electron chi connectivity index (χ2n) is 7.79. The number of hydrogen-bond donors (Lipinski definition) is 2. The van der Waals surface area contributed by atoms with E-state index in [1.807, 2.05) is 66.7 Å². The van der Waals surface area contributed by atoms with E-state index in [1.54, 1.807) is 10.6 Å². The standard InChI is InChI=1S/C25H26N6O2/c32-23-18-21(19-8-3-1-4-9-19)28-25-30(15-7-16-31(23)25)22-12-13-26-24(29-22)27-14-17-33-20-10-5-2-6-11-20/h1-6,8-12,18H,7,13-17H2,(H2,26,27,29). The van der Waals surface area contributed by atoms with Gasteiger partial charge in [0.15, 0.2) is 5.96 Å². The molecule has 2 aliphatic heterocycles. The Balaban J connectivity index is 1.28. The van der Waals surface area contributed by atoms with Crippen LogP contribution in [0.1, 0.15) is 6.42 Å². The fourth-order valence-corrected chi connectivity index (χ4v) is 3.95. The molecule has 1 aromatic heterocycles. The van der Waals surface area contributed by atoms with Gasteiger partial charge < -0.3 is 15.4 Å². The second-order valence-corrected chi connectivity index (χ2v) is 7.79. The summed E-state index contributed by atoms with van der Waals surface area (Å²) in [6.45, 7) is 3.11. The van der Waals surface area contributed by atoms with Gasteiger partial charge in [0.2, 0.25) is 5.95 Å². The maximum absolute atomic E-state index is 12.8. The molecule has 0 spiro atoms. The van der Waals surface area contributed by atoms with Crippen molar-refractivity contribution < 1.29 is 4.74 Å². The Morgan fingerprint density at radius 3 is 2.64 bits per heavy atom. The van der Waals surface area contributed by atoms with Crippen LogP contribution in [0.5, 0.6) is 5.75 Å². The number of aliphatic imine (C=N–C) groups is 1. The molecule has 0 atom stereocenters. The van der Waals surface area contributed by atoms with Crippen molar-refractivity contribution in [3.8, 4) is 17.0 Å². The minimum atomic E-state index is -0.0370. The molecule has 8 heteroatoms. The first-order valence-electron chi connectivity index (χ1n) is 11.2. The molecule has 0 radical (unpaired) electrons. The lowest BCUT2D eigenvalue weighted by molar-refractivity contribution is 0.322. The maximum Gasteiger partial charge on any atom is 0.255 e. The van der Waals surface area contributed by atoms with Crippen molar-refractivity contribution in [2.24, 2.45) is 4.99 Å². The molecule has 0 amide bonds. The Kier molecular flexibility index (Phi) is 6.06. The summed E-state index contributed by atoms with van der Waals surface area (Å²) in [6, 6.07) is 21.1. The highest BCUT2D eigenvalue weighted by atomic mass is 16.5. The van der Waals surface area contributed by atoms with Gasteiger partial charge in [0, 0.05) is 24.7 Å². The van der Waals surface area contributed by atoms with Crippen molar-refractivity contribution in [3.63, 3.8) is 0 Å². The average Bonchev–Trinajstić information content (AvgIpc) is 2.88. The molecule has 168 valence electrons. The van der Waals surface area contributed by atoms with Crippen LogP contribution in [-0.2, 0) is 6.54 Å². The third-order valence-corrected chi connectivity index (χ3v) is 5.54. The van der Waals surface area contributed by atoms with Crippen molar-refractivity contribution in [2.45, 2.75) is 13.0 Å². The Labute approximate surface area is 192 Å². The molecule has 2 aromatic carbocycles. The first-order valence-corrected chi connectivity index (χ1v) is 11.2. The summed E-state index contributed by atoms with van der Waals surface area (Å²) < 4.78 is 7.48. The molecule has 3 aromatic rings. The first-order chi connectivity index (χ1) is 16.3. The van der Waals surface area contributed by atoms with Gasteiger partial charge in [-0.25, -0.2) is 9.98 Å². The summed E-state index contributed by atoms with van der Waals surface area (Å²) in [5, 5.41) is 6.65. The maximum atomic E-state index is 12.8. The molecule has 0 saturated heterocycles. The monoisotopic (exact) mass is 442 g/mol. The van der Waals surface area contributed by atoms with Crippen molar-refractivity contribution >= 4 is 11.9 Å². The number of nitrogens with zero attached hydrogens (tertiary/aromatic N) is 4. The number of anilines is 1. The molecule has 8 nitrogen and oxygen atoms in total. The molecule has 2 aliphatic rings. The fraction of sp³-hybridized carbons (Fsp3) is 0.240. The highest BCUT2D eigenvalue weighted by Gasteiger charge is 2.25. The lowest BCUT2D eigenvalue weighted by Crippen LogP contribution is -2.48. The van der Waals surface area contributed by atoms with Gasteiger partial charge in [0.1, 0.15) is 18.2 Å². The number of ether oxygens (including phenoxy) is 1. The molecule has 2 N–H and O–H groups in total. The van der Waals surface area contributed by atoms with Crippen LogP contribution in [0, 0.1) is 0 Å². The number of hydrogen-bond acceptors (Lipinski definition) is 7. The third-order valence-electron chi connectivity index (χ3n) is 5.54. The molecule has 0 unspecified atom stereocenters. The fourth-order valence-electron chi connectivity index (χ4n) is 3.95. The van der Waals surface area contributed by atoms with Crippen molar-refractivity contribution in [1.29, 1.82) is 0 Å². The Morgan fingerprint density at radius 2 is 1.82 bits per heavy atom.